The second-order valence-corrected chi connectivity index (χ2v) is 10.2. The van der Waals surface area contributed by atoms with Gasteiger partial charge in [0.05, 0.1) is 0 Å². The number of carbonyl (C=O) groups excluding carboxylic acids is 1. The van der Waals surface area contributed by atoms with Gasteiger partial charge in [0.1, 0.15) is 6.61 Å². The minimum absolute atomic E-state index is 0.0113. The van der Waals surface area contributed by atoms with Crippen LogP contribution in [0, 0.1) is 28.6 Å². The first-order valence-electron chi connectivity index (χ1n) is 10.2. The number of aliphatic hydroxyl groups excluding tert-OH is 1. The van der Waals surface area contributed by atoms with Gasteiger partial charge in [-0.3, -0.25) is 13.9 Å². The predicted octanol–water partition coefficient (Wildman–Crippen LogP) is 3.78. The van der Waals surface area contributed by atoms with Crippen LogP contribution in [0.2, 0.25) is 0 Å². The Bertz CT molecular complexity index is 790. The second kappa shape index (κ2) is 7.67. The van der Waals surface area contributed by atoms with E-state index in [-0.39, 0.29) is 17.8 Å². The maximum atomic E-state index is 12.2. The third-order valence-electron chi connectivity index (χ3n) is 8.04. The molecule has 0 unspecified atom stereocenters. The van der Waals surface area contributed by atoms with Gasteiger partial charge in [-0.1, -0.05) is 38.0 Å². The molecule has 4 aliphatic carbocycles. The number of hydrogen-bond acceptors (Lipinski definition) is 4. The van der Waals surface area contributed by atoms with Gasteiger partial charge in [0.25, 0.3) is 0 Å². The number of hydrogen-bond donors (Lipinski definition) is 3. The lowest BCUT2D eigenvalue weighted by atomic mass is 9.47. The van der Waals surface area contributed by atoms with Crippen molar-refractivity contribution in [3.8, 4) is 0 Å². The number of carbonyl (C=O) groups is 1. The summed E-state index contributed by atoms with van der Waals surface area (Å²) in [7, 11) is -4.67. The van der Waals surface area contributed by atoms with Gasteiger partial charge >= 0.3 is 10.4 Å². The molecular formula is C21H32O6S. The molecule has 28 heavy (non-hydrogen) atoms. The standard InChI is InChI=1S/C21H30O2.H2O4S/c1-20-11-4-3-5-14(20)6-7-15-16-8-9-18(19(23)13-22)21(16,2)12-10-17(15)20;1-5(2,3)4/h6,9,15-17,22H,3-5,7-8,10-13H2,1-2H3;(H2,1,2,3,4)/t15-,16-,17-,20-,21-;/m0./s1. The molecule has 7 heteroatoms. The summed E-state index contributed by atoms with van der Waals surface area (Å²) in [6.07, 6.45) is 14.8. The van der Waals surface area contributed by atoms with Crippen molar-refractivity contribution in [2.75, 3.05) is 6.61 Å². The molecule has 3 N–H and O–H groups in total. The first kappa shape index (κ1) is 21.7. The average Bonchev–Trinajstić information content (AvgIpc) is 2.96. The Kier molecular flexibility index (Phi) is 5.94. The summed E-state index contributed by atoms with van der Waals surface area (Å²) in [4.78, 5) is 12.2. The molecule has 0 spiro atoms. The summed E-state index contributed by atoms with van der Waals surface area (Å²) < 4.78 is 31.6. The molecule has 0 amide bonds. The molecule has 2 saturated carbocycles. The van der Waals surface area contributed by atoms with Crippen molar-refractivity contribution >= 4 is 16.2 Å². The third-order valence-corrected chi connectivity index (χ3v) is 8.04. The topological polar surface area (TPSA) is 112 Å². The van der Waals surface area contributed by atoms with Gasteiger partial charge in [-0.05, 0) is 79.1 Å². The summed E-state index contributed by atoms with van der Waals surface area (Å²) >= 11 is 0. The highest BCUT2D eigenvalue weighted by molar-refractivity contribution is 7.79. The highest BCUT2D eigenvalue weighted by atomic mass is 32.3. The van der Waals surface area contributed by atoms with Gasteiger partial charge < -0.3 is 5.11 Å². The lowest BCUT2D eigenvalue weighted by molar-refractivity contribution is -0.120. The van der Waals surface area contributed by atoms with Crippen molar-refractivity contribution in [1.82, 2.24) is 0 Å². The van der Waals surface area contributed by atoms with Gasteiger partial charge in [-0.25, -0.2) is 0 Å². The summed E-state index contributed by atoms with van der Waals surface area (Å²) in [5.41, 5.74) is 3.11. The van der Waals surface area contributed by atoms with Crippen molar-refractivity contribution in [1.29, 1.82) is 0 Å². The van der Waals surface area contributed by atoms with Crippen LogP contribution in [0.15, 0.2) is 23.3 Å². The Balaban J connectivity index is 0.000000403. The fourth-order valence-electron chi connectivity index (χ4n) is 6.78. The van der Waals surface area contributed by atoms with Crippen LogP contribution in [-0.4, -0.2) is 35.0 Å². The fourth-order valence-corrected chi connectivity index (χ4v) is 6.78. The third kappa shape index (κ3) is 3.86. The quantitative estimate of drug-likeness (QED) is 0.470. The maximum absolute atomic E-state index is 12.2. The van der Waals surface area contributed by atoms with Crippen LogP contribution in [0.3, 0.4) is 0 Å². The van der Waals surface area contributed by atoms with E-state index < -0.39 is 10.4 Å². The van der Waals surface area contributed by atoms with Crippen molar-refractivity contribution in [3.63, 3.8) is 0 Å². The van der Waals surface area contributed by atoms with E-state index in [1.165, 1.54) is 38.5 Å². The maximum Gasteiger partial charge on any atom is 0.394 e. The first-order chi connectivity index (χ1) is 13.0. The second-order valence-electron chi connectivity index (χ2n) is 9.31. The van der Waals surface area contributed by atoms with Crippen LogP contribution in [0.25, 0.3) is 0 Å². The molecule has 6 nitrogen and oxygen atoms in total. The van der Waals surface area contributed by atoms with Gasteiger partial charge in [0.2, 0.25) is 0 Å². The predicted molar refractivity (Wildman–Crippen MR) is 106 cm³/mol. The SMILES string of the molecule is C[C@]12CCCCC1=CC[C@@H]1[C@@H]2CC[C@]2(C)C(C(=O)CO)=CC[C@@H]12.O=S(=O)(O)O. The monoisotopic (exact) mass is 412 g/mol. The zero-order valence-corrected chi connectivity index (χ0v) is 17.5. The molecule has 0 radical (unpaired) electrons. The van der Waals surface area contributed by atoms with E-state index in [0.29, 0.717) is 11.3 Å². The van der Waals surface area contributed by atoms with Gasteiger partial charge in [-0.15, -0.1) is 0 Å². The van der Waals surface area contributed by atoms with Gasteiger partial charge in [-0.2, -0.15) is 8.42 Å². The molecule has 4 rings (SSSR count). The number of fused-ring (bicyclic) bond motifs is 5. The van der Waals surface area contributed by atoms with Crippen LogP contribution < -0.4 is 0 Å². The summed E-state index contributed by atoms with van der Waals surface area (Å²) in [5.74, 6) is 2.09. The normalized spacial score (nSPS) is 39.4. The van der Waals surface area contributed by atoms with Crippen LogP contribution >= 0.6 is 0 Å². The van der Waals surface area contributed by atoms with Crippen molar-refractivity contribution in [3.05, 3.63) is 23.3 Å². The van der Waals surface area contributed by atoms with E-state index in [1.54, 1.807) is 5.57 Å². The zero-order valence-electron chi connectivity index (χ0n) is 16.7. The van der Waals surface area contributed by atoms with E-state index in [2.05, 4.69) is 26.0 Å². The first-order valence-corrected chi connectivity index (χ1v) is 11.6. The molecule has 158 valence electrons. The molecule has 5 atom stereocenters. The number of aliphatic hydroxyl groups is 1. The number of rotatable bonds is 2. The van der Waals surface area contributed by atoms with Gasteiger partial charge in [0.15, 0.2) is 5.78 Å². The highest BCUT2D eigenvalue weighted by Gasteiger charge is 2.56. The van der Waals surface area contributed by atoms with Gasteiger partial charge in [0, 0.05) is 0 Å². The number of ketones is 1. The van der Waals surface area contributed by atoms with E-state index in [0.717, 1.165) is 30.3 Å². The molecular weight excluding hydrogens is 380 g/mol. The molecule has 0 heterocycles. The Morgan fingerprint density at radius 1 is 1.07 bits per heavy atom. The Morgan fingerprint density at radius 3 is 2.39 bits per heavy atom. The van der Waals surface area contributed by atoms with E-state index >= 15 is 0 Å². The molecule has 0 aromatic carbocycles. The van der Waals surface area contributed by atoms with Crippen LogP contribution in [-0.2, 0) is 15.2 Å². The Labute approximate surface area is 167 Å². The summed E-state index contributed by atoms with van der Waals surface area (Å²) in [6, 6.07) is 0. The Morgan fingerprint density at radius 2 is 1.75 bits per heavy atom. The van der Waals surface area contributed by atoms with Crippen molar-refractivity contribution in [2.24, 2.45) is 28.6 Å². The van der Waals surface area contributed by atoms with Crippen molar-refractivity contribution in [2.45, 2.75) is 65.2 Å². The lowest BCUT2D eigenvalue weighted by Gasteiger charge is -2.57. The molecule has 0 bridgehead atoms. The molecule has 0 aromatic rings. The van der Waals surface area contributed by atoms with E-state index in [1.807, 2.05) is 0 Å². The average molecular weight is 413 g/mol. The molecule has 0 saturated heterocycles. The molecule has 0 aliphatic heterocycles. The van der Waals surface area contributed by atoms with E-state index in [4.69, 9.17) is 17.5 Å². The number of Topliss-reactive ketones (excluding diaryl/α,β-unsaturated/α-hetero) is 1. The Hall–Kier alpha value is -1.02. The highest BCUT2D eigenvalue weighted by Crippen LogP contribution is 2.64. The smallest absolute Gasteiger partial charge is 0.388 e. The molecule has 4 aliphatic rings. The summed E-state index contributed by atoms with van der Waals surface area (Å²) in [6.45, 7) is 4.49. The summed E-state index contributed by atoms with van der Waals surface area (Å²) in [5, 5.41) is 9.33. The minimum Gasteiger partial charge on any atom is -0.388 e. The zero-order chi connectivity index (χ0) is 20.7. The van der Waals surface area contributed by atoms with Crippen LogP contribution in [0.4, 0.5) is 0 Å². The van der Waals surface area contributed by atoms with E-state index in [9.17, 15) is 9.90 Å². The largest absolute Gasteiger partial charge is 0.394 e. The van der Waals surface area contributed by atoms with Crippen LogP contribution in [0.1, 0.15) is 65.2 Å². The lowest BCUT2D eigenvalue weighted by Crippen LogP contribution is -2.49. The number of allylic oxidation sites excluding steroid dienone is 3. The van der Waals surface area contributed by atoms with Crippen LogP contribution in [0.5, 0.6) is 0 Å². The molecule has 0 aromatic heterocycles. The fraction of sp³-hybridized carbons (Fsp3) is 0.762. The molecule has 2 fully saturated rings. The minimum atomic E-state index is -4.67. The van der Waals surface area contributed by atoms with Crippen molar-refractivity contribution < 1.29 is 27.4 Å².